The fraction of sp³-hybridized carbons (Fsp3) is 0.769. The van der Waals surface area contributed by atoms with E-state index in [9.17, 15) is 0 Å². The quantitative estimate of drug-likeness (QED) is 0.859. The fourth-order valence-electron chi connectivity index (χ4n) is 2.16. The topological polar surface area (TPSA) is 53.1 Å². The highest BCUT2D eigenvalue weighted by molar-refractivity contribution is 5.33. The Bertz CT molecular complexity index is 392. The van der Waals surface area contributed by atoms with Crippen LogP contribution in [-0.2, 0) is 16.7 Å². The fourth-order valence-corrected chi connectivity index (χ4v) is 2.16. The summed E-state index contributed by atoms with van der Waals surface area (Å²) in [5.41, 5.74) is 7.08. The summed E-state index contributed by atoms with van der Waals surface area (Å²) in [6.45, 7) is 9.33. The van der Waals surface area contributed by atoms with E-state index in [1.54, 1.807) is 0 Å². The summed E-state index contributed by atoms with van der Waals surface area (Å²) in [5.74, 6) is 0.734. The molecular formula is C13H23N3O. The van der Waals surface area contributed by atoms with E-state index in [1.165, 1.54) is 0 Å². The van der Waals surface area contributed by atoms with Crippen molar-refractivity contribution in [3.63, 3.8) is 0 Å². The van der Waals surface area contributed by atoms with Crippen LogP contribution in [0, 0.1) is 0 Å². The molecule has 17 heavy (non-hydrogen) atoms. The second-order valence-corrected chi connectivity index (χ2v) is 6.03. The minimum absolute atomic E-state index is 0.0448. The highest BCUT2D eigenvalue weighted by Gasteiger charge is 2.24. The van der Waals surface area contributed by atoms with Gasteiger partial charge in [0.05, 0.1) is 24.4 Å². The maximum Gasteiger partial charge on any atom is 0.122 e. The Balaban J connectivity index is 2.09. The Labute approximate surface area is 103 Å². The van der Waals surface area contributed by atoms with Crippen molar-refractivity contribution in [3.8, 4) is 0 Å². The summed E-state index contributed by atoms with van der Waals surface area (Å²) in [4.78, 5) is 0. The summed E-state index contributed by atoms with van der Waals surface area (Å²) >= 11 is 0. The summed E-state index contributed by atoms with van der Waals surface area (Å²) in [5, 5.41) is 4.58. The van der Waals surface area contributed by atoms with Crippen LogP contribution in [0.5, 0.6) is 0 Å². The van der Waals surface area contributed by atoms with E-state index < -0.39 is 0 Å². The Morgan fingerprint density at radius 1 is 1.47 bits per heavy atom. The van der Waals surface area contributed by atoms with E-state index in [0.717, 1.165) is 30.9 Å². The van der Waals surface area contributed by atoms with Gasteiger partial charge < -0.3 is 10.5 Å². The zero-order valence-electron chi connectivity index (χ0n) is 11.2. The molecule has 2 N–H and O–H groups in total. The van der Waals surface area contributed by atoms with E-state index in [0.29, 0.717) is 6.10 Å². The predicted octanol–water partition coefficient (Wildman–Crippen LogP) is 2.33. The molecule has 1 aliphatic heterocycles. The van der Waals surface area contributed by atoms with Crippen molar-refractivity contribution in [1.29, 1.82) is 0 Å². The number of anilines is 1. The van der Waals surface area contributed by atoms with Gasteiger partial charge in [-0.25, -0.2) is 4.68 Å². The lowest BCUT2D eigenvalue weighted by atomic mass is 9.92. The SMILES string of the molecule is C[C@H]1CCC(Cn2nc(C(C)(C)C)cc2N)O1. The van der Waals surface area contributed by atoms with Gasteiger partial charge >= 0.3 is 0 Å². The molecule has 0 saturated carbocycles. The standard InChI is InChI=1S/C13H23N3O/c1-9-5-6-10(17-9)8-16-12(14)7-11(15-16)13(2,3)4/h7,9-10H,5-6,8,14H2,1-4H3/t9-,10?/m0/s1. The minimum atomic E-state index is 0.0448. The molecule has 0 radical (unpaired) electrons. The number of hydrogen-bond donors (Lipinski definition) is 1. The first kappa shape index (κ1) is 12.4. The average molecular weight is 237 g/mol. The molecule has 0 bridgehead atoms. The number of nitrogen functional groups attached to an aromatic ring is 1. The zero-order chi connectivity index (χ0) is 12.6. The largest absolute Gasteiger partial charge is 0.384 e. The third kappa shape index (κ3) is 2.80. The Kier molecular flexibility index (Phi) is 3.17. The van der Waals surface area contributed by atoms with Gasteiger partial charge in [-0.3, -0.25) is 0 Å². The molecule has 1 unspecified atom stereocenters. The van der Waals surface area contributed by atoms with Gasteiger partial charge in [0.25, 0.3) is 0 Å². The highest BCUT2D eigenvalue weighted by atomic mass is 16.5. The van der Waals surface area contributed by atoms with Crippen LogP contribution in [-0.4, -0.2) is 22.0 Å². The van der Waals surface area contributed by atoms with Crippen LogP contribution in [0.3, 0.4) is 0 Å². The summed E-state index contributed by atoms with van der Waals surface area (Å²) < 4.78 is 7.68. The second kappa shape index (κ2) is 4.33. The molecule has 0 spiro atoms. The molecule has 1 aliphatic rings. The molecule has 0 amide bonds. The van der Waals surface area contributed by atoms with Crippen LogP contribution in [0.4, 0.5) is 5.82 Å². The molecule has 0 aromatic carbocycles. The van der Waals surface area contributed by atoms with Crippen LogP contribution in [0.2, 0.25) is 0 Å². The molecule has 2 atom stereocenters. The van der Waals surface area contributed by atoms with E-state index >= 15 is 0 Å². The molecule has 0 aliphatic carbocycles. The molecule has 96 valence electrons. The van der Waals surface area contributed by atoms with Gasteiger partial charge in [-0.2, -0.15) is 5.10 Å². The highest BCUT2D eigenvalue weighted by Crippen LogP contribution is 2.25. The van der Waals surface area contributed by atoms with Crippen molar-refractivity contribution in [1.82, 2.24) is 9.78 Å². The number of nitrogens with two attached hydrogens (primary N) is 1. The van der Waals surface area contributed by atoms with E-state index in [4.69, 9.17) is 10.5 Å². The van der Waals surface area contributed by atoms with Crippen LogP contribution < -0.4 is 5.73 Å². The Morgan fingerprint density at radius 2 is 2.18 bits per heavy atom. The molecule has 2 rings (SSSR count). The molecule has 2 heterocycles. The number of rotatable bonds is 2. The minimum Gasteiger partial charge on any atom is -0.384 e. The van der Waals surface area contributed by atoms with Crippen molar-refractivity contribution in [2.45, 2.75) is 64.7 Å². The number of hydrogen-bond acceptors (Lipinski definition) is 3. The Hall–Kier alpha value is -1.03. The van der Waals surface area contributed by atoms with Gasteiger partial charge in [0.15, 0.2) is 0 Å². The van der Waals surface area contributed by atoms with Crippen molar-refractivity contribution in [3.05, 3.63) is 11.8 Å². The summed E-state index contributed by atoms with van der Waals surface area (Å²) in [7, 11) is 0. The van der Waals surface area contributed by atoms with Gasteiger partial charge in [0.1, 0.15) is 5.82 Å². The number of aromatic nitrogens is 2. The third-order valence-corrected chi connectivity index (χ3v) is 3.28. The maximum absolute atomic E-state index is 6.00. The first-order chi connectivity index (χ1) is 7.86. The molecule has 4 heteroatoms. The third-order valence-electron chi connectivity index (χ3n) is 3.28. The van der Waals surface area contributed by atoms with E-state index in [1.807, 2.05) is 10.7 Å². The Morgan fingerprint density at radius 3 is 2.65 bits per heavy atom. The molecule has 4 nitrogen and oxygen atoms in total. The van der Waals surface area contributed by atoms with Crippen LogP contribution in [0.25, 0.3) is 0 Å². The van der Waals surface area contributed by atoms with Gasteiger partial charge in [0.2, 0.25) is 0 Å². The first-order valence-electron chi connectivity index (χ1n) is 6.35. The molecule has 1 saturated heterocycles. The smallest absolute Gasteiger partial charge is 0.122 e. The van der Waals surface area contributed by atoms with E-state index in [-0.39, 0.29) is 11.5 Å². The van der Waals surface area contributed by atoms with Gasteiger partial charge in [-0.15, -0.1) is 0 Å². The number of nitrogens with zero attached hydrogens (tertiary/aromatic N) is 2. The molecule has 1 aromatic rings. The monoisotopic (exact) mass is 237 g/mol. The van der Waals surface area contributed by atoms with Gasteiger partial charge in [-0.05, 0) is 19.8 Å². The lowest BCUT2D eigenvalue weighted by Gasteiger charge is -2.15. The van der Waals surface area contributed by atoms with Crippen LogP contribution in [0.1, 0.15) is 46.2 Å². The predicted molar refractivity (Wildman–Crippen MR) is 68.9 cm³/mol. The lowest BCUT2D eigenvalue weighted by molar-refractivity contribution is 0.0439. The van der Waals surface area contributed by atoms with Crippen molar-refractivity contribution in [2.75, 3.05) is 5.73 Å². The number of ether oxygens (including phenoxy) is 1. The van der Waals surface area contributed by atoms with Crippen molar-refractivity contribution in [2.24, 2.45) is 0 Å². The van der Waals surface area contributed by atoms with Crippen LogP contribution >= 0.6 is 0 Å². The van der Waals surface area contributed by atoms with Crippen LogP contribution in [0.15, 0.2) is 6.07 Å². The summed E-state index contributed by atoms with van der Waals surface area (Å²) in [6, 6.07) is 1.97. The zero-order valence-corrected chi connectivity index (χ0v) is 11.2. The normalized spacial score (nSPS) is 25.4. The summed E-state index contributed by atoms with van der Waals surface area (Å²) in [6.07, 6.45) is 2.88. The van der Waals surface area contributed by atoms with Gasteiger partial charge in [0, 0.05) is 11.5 Å². The molecule has 1 aromatic heterocycles. The van der Waals surface area contributed by atoms with E-state index in [2.05, 4.69) is 32.8 Å². The molecular weight excluding hydrogens is 214 g/mol. The lowest BCUT2D eigenvalue weighted by Crippen LogP contribution is -2.19. The molecule has 1 fully saturated rings. The van der Waals surface area contributed by atoms with Crippen molar-refractivity contribution >= 4 is 5.82 Å². The van der Waals surface area contributed by atoms with Crippen molar-refractivity contribution < 1.29 is 4.74 Å². The maximum atomic E-state index is 6.00. The second-order valence-electron chi connectivity index (χ2n) is 6.03. The van der Waals surface area contributed by atoms with Gasteiger partial charge in [-0.1, -0.05) is 20.8 Å². The average Bonchev–Trinajstić information content (AvgIpc) is 2.74. The first-order valence-corrected chi connectivity index (χ1v) is 6.35.